The number of nitrogens with two attached hydrogens (primary N) is 2. The summed E-state index contributed by atoms with van der Waals surface area (Å²) < 4.78 is 0. The van der Waals surface area contributed by atoms with Gasteiger partial charge < -0.3 is 16.6 Å². The molecule has 0 aliphatic rings. The van der Waals surface area contributed by atoms with Crippen LogP contribution >= 0.6 is 0 Å². The molecule has 2 amide bonds. The first kappa shape index (κ1) is 13.5. The highest BCUT2D eigenvalue weighted by Crippen LogP contribution is 1.78. The first-order valence-electron chi connectivity index (χ1n) is 3.72. The van der Waals surface area contributed by atoms with Crippen LogP contribution in [0.2, 0.25) is 0 Å². The Morgan fingerprint density at radius 3 is 1.67 bits per heavy atom. The molecule has 0 aliphatic carbocycles. The first-order valence-corrected chi connectivity index (χ1v) is 3.72. The highest BCUT2D eigenvalue weighted by Gasteiger charge is 1.96. The highest BCUT2D eigenvalue weighted by molar-refractivity contribution is 5.95. The van der Waals surface area contributed by atoms with Crippen molar-refractivity contribution in [1.29, 1.82) is 0 Å². The van der Waals surface area contributed by atoms with Gasteiger partial charge in [-0.25, -0.2) is 0 Å². The molecule has 0 fully saturated rings. The lowest BCUT2D eigenvalue weighted by atomic mass is 10.4. The average Bonchev–Trinajstić information content (AvgIpc) is 1.87. The van der Waals surface area contributed by atoms with E-state index >= 15 is 0 Å². The fourth-order valence-electron chi connectivity index (χ4n) is 0.330. The molecule has 0 aromatic carbocycles. The molecule has 5 N–H and O–H groups in total. The average molecular weight is 176 g/mol. The standard InChI is InChI=1S/C4H10O.C3H6N2O2/c1-2-3-4-5;4-2(6)1-3(5)7/h5H,2-4H2,1H3;1H2,(H2,4,6)(H2,5,7). The van der Waals surface area contributed by atoms with E-state index in [0.29, 0.717) is 6.61 Å². The summed E-state index contributed by atoms with van der Waals surface area (Å²) in [6.45, 7) is 2.40. The minimum atomic E-state index is -0.687. The number of carbonyl (C=O) groups is 2. The molecule has 0 spiro atoms. The van der Waals surface area contributed by atoms with Crippen LogP contribution in [0.3, 0.4) is 0 Å². The Labute approximate surface area is 71.7 Å². The third-order valence-electron chi connectivity index (χ3n) is 0.860. The monoisotopic (exact) mass is 176 g/mol. The van der Waals surface area contributed by atoms with Crippen molar-refractivity contribution in [3.05, 3.63) is 0 Å². The van der Waals surface area contributed by atoms with E-state index in [9.17, 15) is 9.59 Å². The van der Waals surface area contributed by atoms with Gasteiger partial charge in [-0.3, -0.25) is 9.59 Å². The van der Waals surface area contributed by atoms with E-state index < -0.39 is 11.8 Å². The molecule has 0 unspecified atom stereocenters. The van der Waals surface area contributed by atoms with Gasteiger partial charge in [0.2, 0.25) is 11.8 Å². The molecule has 0 rings (SSSR count). The lowest BCUT2D eigenvalue weighted by Gasteiger charge is -1.82. The third kappa shape index (κ3) is 23.1. The summed E-state index contributed by atoms with van der Waals surface area (Å²) in [6, 6.07) is 0. The first-order chi connectivity index (χ1) is 5.54. The third-order valence-corrected chi connectivity index (χ3v) is 0.860. The molecular formula is C7H16N2O3. The molecule has 12 heavy (non-hydrogen) atoms. The van der Waals surface area contributed by atoms with Gasteiger partial charge in [0.15, 0.2) is 0 Å². The maximum absolute atomic E-state index is 9.73. The molecule has 0 aromatic rings. The van der Waals surface area contributed by atoms with Gasteiger partial charge in [0.1, 0.15) is 6.42 Å². The van der Waals surface area contributed by atoms with Crippen molar-refractivity contribution < 1.29 is 14.7 Å². The maximum atomic E-state index is 9.73. The summed E-state index contributed by atoms with van der Waals surface area (Å²) in [7, 11) is 0. The molecule has 0 aromatic heterocycles. The Morgan fingerprint density at radius 2 is 1.67 bits per heavy atom. The van der Waals surface area contributed by atoms with Crippen molar-refractivity contribution in [2.45, 2.75) is 26.2 Å². The van der Waals surface area contributed by atoms with E-state index in [0.717, 1.165) is 12.8 Å². The molecule has 0 atom stereocenters. The van der Waals surface area contributed by atoms with Gasteiger partial charge >= 0.3 is 0 Å². The van der Waals surface area contributed by atoms with Crippen LogP contribution < -0.4 is 11.5 Å². The van der Waals surface area contributed by atoms with Gasteiger partial charge in [-0.05, 0) is 6.42 Å². The van der Waals surface area contributed by atoms with Gasteiger partial charge in [0, 0.05) is 6.61 Å². The minimum Gasteiger partial charge on any atom is -0.396 e. The Bertz CT molecular complexity index is 123. The van der Waals surface area contributed by atoms with Crippen molar-refractivity contribution in [3.8, 4) is 0 Å². The fraction of sp³-hybridized carbons (Fsp3) is 0.714. The SMILES string of the molecule is CCCCO.NC(=O)CC(N)=O. The van der Waals surface area contributed by atoms with Crippen LogP contribution in [-0.2, 0) is 9.59 Å². The zero-order valence-electron chi connectivity index (χ0n) is 7.25. The number of rotatable bonds is 4. The van der Waals surface area contributed by atoms with Crippen molar-refractivity contribution in [2.75, 3.05) is 6.61 Å². The molecule has 0 heterocycles. The molecule has 5 nitrogen and oxygen atoms in total. The second-order valence-corrected chi connectivity index (χ2v) is 2.19. The van der Waals surface area contributed by atoms with Gasteiger partial charge in [-0.15, -0.1) is 0 Å². The number of aliphatic hydroxyl groups excluding tert-OH is 1. The second kappa shape index (κ2) is 9.90. The topological polar surface area (TPSA) is 106 Å². The number of amides is 2. The molecule has 0 radical (unpaired) electrons. The lowest BCUT2D eigenvalue weighted by molar-refractivity contribution is -0.125. The molecule has 0 saturated heterocycles. The fourth-order valence-corrected chi connectivity index (χ4v) is 0.330. The number of unbranched alkanes of at least 4 members (excludes halogenated alkanes) is 1. The molecule has 0 bridgehead atoms. The molecular weight excluding hydrogens is 160 g/mol. The van der Waals surface area contributed by atoms with E-state index in [2.05, 4.69) is 18.4 Å². The van der Waals surface area contributed by atoms with Crippen LogP contribution in [0.25, 0.3) is 0 Å². The van der Waals surface area contributed by atoms with E-state index in [1.807, 2.05) is 0 Å². The van der Waals surface area contributed by atoms with Crippen LogP contribution in [0, 0.1) is 0 Å². The van der Waals surface area contributed by atoms with Crippen molar-refractivity contribution >= 4 is 11.8 Å². The van der Waals surface area contributed by atoms with Gasteiger partial charge in [-0.2, -0.15) is 0 Å². The number of hydrogen-bond donors (Lipinski definition) is 3. The Hall–Kier alpha value is -1.10. The second-order valence-electron chi connectivity index (χ2n) is 2.19. The van der Waals surface area contributed by atoms with Crippen LogP contribution in [0.1, 0.15) is 26.2 Å². The maximum Gasteiger partial charge on any atom is 0.226 e. The minimum absolute atomic E-state index is 0.344. The summed E-state index contributed by atoms with van der Waals surface area (Å²) in [4.78, 5) is 19.5. The van der Waals surface area contributed by atoms with Crippen molar-refractivity contribution in [1.82, 2.24) is 0 Å². The van der Waals surface area contributed by atoms with E-state index in [-0.39, 0.29) is 6.42 Å². The van der Waals surface area contributed by atoms with Gasteiger partial charge in [0.05, 0.1) is 0 Å². The smallest absolute Gasteiger partial charge is 0.226 e. The van der Waals surface area contributed by atoms with E-state index in [1.54, 1.807) is 0 Å². The summed E-state index contributed by atoms with van der Waals surface area (Å²) in [5, 5.41) is 8.07. The largest absolute Gasteiger partial charge is 0.396 e. The molecule has 5 heteroatoms. The summed E-state index contributed by atoms with van der Waals surface area (Å²) in [6.07, 6.45) is 1.68. The van der Waals surface area contributed by atoms with Crippen LogP contribution in [0.15, 0.2) is 0 Å². The van der Waals surface area contributed by atoms with Crippen LogP contribution in [-0.4, -0.2) is 23.5 Å². The lowest BCUT2D eigenvalue weighted by Crippen LogP contribution is -2.21. The van der Waals surface area contributed by atoms with Crippen LogP contribution in [0.4, 0.5) is 0 Å². The Morgan fingerprint density at radius 1 is 1.25 bits per heavy atom. The zero-order chi connectivity index (χ0) is 9.98. The van der Waals surface area contributed by atoms with E-state index in [1.165, 1.54) is 0 Å². The summed E-state index contributed by atoms with van der Waals surface area (Å²) >= 11 is 0. The number of hydrogen-bond acceptors (Lipinski definition) is 3. The van der Waals surface area contributed by atoms with Crippen molar-refractivity contribution in [2.24, 2.45) is 11.5 Å². The molecule has 0 saturated carbocycles. The molecule has 72 valence electrons. The van der Waals surface area contributed by atoms with Crippen LogP contribution in [0.5, 0.6) is 0 Å². The van der Waals surface area contributed by atoms with Crippen molar-refractivity contribution in [3.63, 3.8) is 0 Å². The van der Waals surface area contributed by atoms with E-state index in [4.69, 9.17) is 5.11 Å². The number of aliphatic hydroxyl groups is 1. The quantitative estimate of drug-likeness (QED) is 0.484. The normalized spacial score (nSPS) is 8.17. The van der Waals surface area contributed by atoms with Gasteiger partial charge in [-0.1, -0.05) is 13.3 Å². The summed E-state index contributed by atoms with van der Waals surface area (Å²) in [5.74, 6) is -1.37. The Kier molecular flexibility index (Phi) is 11.1. The predicted molar refractivity (Wildman–Crippen MR) is 45.0 cm³/mol. The zero-order valence-corrected chi connectivity index (χ0v) is 7.25. The number of carbonyl (C=O) groups excluding carboxylic acids is 2. The Balaban J connectivity index is 0. The number of primary amides is 2. The highest BCUT2D eigenvalue weighted by atomic mass is 16.2. The van der Waals surface area contributed by atoms with Gasteiger partial charge in [0.25, 0.3) is 0 Å². The summed E-state index contributed by atoms with van der Waals surface area (Å²) in [5.41, 5.74) is 9.11. The predicted octanol–water partition coefficient (Wildman–Crippen LogP) is -0.874. The molecule has 0 aliphatic heterocycles.